The summed E-state index contributed by atoms with van der Waals surface area (Å²) in [6.07, 6.45) is 1.90. The second-order valence-electron chi connectivity index (χ2n) is 6.65. The summed E-state index contributed by atoms with van der Waals surface area (Å²) in [5.74, 6) is 0. The van der Waals surface area contributed by atoms with E-state index in [2.05, 4.69) is 97.7 Å². The van der Waals surface area contributed by atoms with Crippen LogP contribution in [0.15, 0.2) is 91.1 Å². The average molecular weight is 335 g/mol. The maximum Gasteiger partial charge on any atom is 0.0708 e. The quantitative estimate of drug-likeness (QED) is 0.406. The van der Waals surface area contributed by atoms with Gasteiger partial charge in [-0.2, -0.15) is 0 Å². The van der Waals surface area contributed by atoms with Crippen molar-refractivity contribution in [2.24, 2.45) is 0 Å². The normalized spacial score (nSPS) is 10.7. The minimum atomic E-state index is 1.01. The standard InChI is InChI=1S/C25H21N/c1-18-15-23(20-9-5-3-6-10-20)16-19(2)25(18)22-13-14-26-24(17-22)21-11-7-4-8-12-21/h3-17H,1-2H3. The van der Waals surface area contributed by atoms with Crippen LogP contribution in [0.25, 0.3) is 33.5 Å². The van der Waals surface area contributed by atoms with Crippen LogP contribution in [0.1, 0.15) is 11.1 Å². The van der Waals surface area contributed by atoms with Gasteiger partial charge in [0.25, 0.3) is 0 Å². The second kappa shape index (κ2) is 6.97. The number of aromatic nitrogens is 1. The van der Waals surface area contributed by atoms with Crippen LogP contribution in [-0.4, -0.2) is 4.98 Å². The molecule has 0 aliphatic rings. The van der Waals surface area contributed by atoms with Gasteiger partial charge in [-0.15, -0.1) is 0 Å². The van der Waals surface area contributed by atoms with Gasteiger partial charge in [0.15, 0.2) is 0 Å². The summed E-state index contributed by atoms with van der Waals surface area (Å²) in [4.78, 5) is 4.56. The smallest absolute Gasteiger partial charge is 0.0708 e. The highest BCUT2D eigenvalue weighted by molar-refractivity contribution is 5.78. The lowest BCUT2D eigenvalue weighted by atomic mass is 9.91. The summed E-state index contributed by atoms with van der Waals surface area (Å²) in [6, 6.07) is 29.7. The molecule has 3 aromatic carbocycles. The highest BCUT2D eigenvalue weighted by Crippen LogP contribution is 2.33. The summed E-state index contributed by atoms with van der Waals surface area (Å²) < 4.78 is 0. The molecule has 0 unspecified atom stereocenters. The highest BCUT2D eigenvalue weighted by Gasteiger charge is 2.10. The van der Waals surface area contributed by atoms with Crippen LogP contribution < -0.4 is 0 Å². The first-order chi connectivity index (χ1) is 12.7. The molecule has 0 aliphatic carbocycles. The van der Waals surface area contributed by atoms with Crippen LogP contribution >= 0.6 is 0 Å². The summed E-state index contributed by atoms with van der Waals surface area (Å²) in [6.45, 7) is 4.38. The first-order valence-electron chi connectivity index (χ1n) is 8.91. The maximum atomic E-state index is 4.56. The van der Waals surface area contributed by atoms with Crippen molar-refractivity contribution in [1.29, 1.82) is 0 Å². The van der Waals surface area contributed by atoms with E-state index in [1.807, 2.05) is 12.3 Å². The molecule has 0 bridgehead atoms. The van der Waals surface area contributed by atoms with Crippen molar-refractivity contribution in [2.45, 2.75) is 13.8 Å². The SMILES string of the molecule is Cc1cc(-c2ccccc2)cc(C)c1-c1ccnc(-c2ccccc2)c1. The van der Waals surface area contributed by atoms with E-state index in [0.717, 1.165) is 11.3 Å². The monoisotopic (exact) mass is 335 g/mol. The van der Waals surface area contributed by atoms with Gasteiger partial charge in [-0.1, -0.05) is 72.8 Å². The first-order valence-corrected chi connectivity index (χ1v) is 8.91. The summed E-state index contributed by atoms with van der Waals surface area (Å²) >= 11 is 0. The molecule has 0 saturated carbocycles. The van der Waals surface area contributed by atoms with E-state index in [1.165, 1.54) is 33.4 Å². The molecule has 4 rings (SSSR count). The van der Waals surface area contributed by atoms with Gasteiger partial charge in [-0.05, 0) is 59.4 Å². The minimum Gasteiger partial charge on any atom is -0.256 e. The van der Waals surface area contributed by atoms with Crippen LogP contribution in [0.3, 0.4) is 0 Å². The zero-order valence-corrected chi connectivity index (χ0v) is 15.1. The van der Waals surface area contributed by atoms with Gasteiger partial charge in [0.1, 0.15) is 0 Å². The molecule has 1 heterocycles. The molecule has 0 radical (unpaired) electrons. The average Bonchev–Trinajstić information content (AvgIpc) is 2.69. The van der Waals surface area contributed by atoms with Crippen molar-refractivity contribution in [3.8, 4) is 33.5 Å². The number of benzene rings is 3. The molecule has 0 saturated heterocycles. The molecule has 4 aromatic rings. The fraction of sp³-hybridized carbons (Fsp3) is 0.0800. The topological polar surface area (TPSA) is 12.9 Å². The lowest BCUT2D eigenvalue weighted by molar-refractivity contribution is 1.31. The van der Waals surface area contributed by atoms with Crippen LogP contribution in [0.4, 0.5) is 0 Å². The van der Waals surface area contributed by atoms with Crippen LogP contribution in [-0.2, 0) is 0 Å². The van der Waals surface area contributed by atoms with Crippen molar-refractivity contribution in [3.05, 3.63) is 102 Å². The van der Waals surface area contributed by atoms with E-state index < -0.39 is 0 Å². The third-order valence-corrected chi connectivity index (χ3v) is 4.76. The Kier molecular flexibility index (Phi) is 4.37. The van der Waals surface area contributed by atoms with Crippen LogP contribution in [0, 0.1) is 13.8 Å². The number of rotatable bonds is 3. The first kappa shape index (κ1) is 16.3. The van der Waals surface area contributed by atoms with Gasteiger partial charge in [0, 0.05) is 11.8 Å². The molecule has 1 nitrogen and oxygen atoms in total. The van der Waals surface area contributed by atoms with E-state index in [-0.39, 0.29) is 0 Å². The Bertz CT molecular complexity index is 1010. The molecule has 0 aliphatic heterocycles. The van der Waals surface area contributed by atoms with Crippen LogP contribution in [0.2, 0.25) is 0 Å². The molecule has 126 valence electrons. The van der Waals surface area contributed by atoms with E-state index >= 15 is 0 Å². The van der Waals surface area contributed by atoms with Crippen molar-refractivity contribution in [2.75, 3.05) is 0 Å². The fourth-order valence-corrected chi connectivity index (χ4v) is 3.57. The Morgan fingerprint density at radius 2 is 1.12 bits per heavy atom. The Hall–Kier alpha value is -3.19. The largest absolute Gasteiger partial charge is 0.256 e. The van der Waals surface area contributed by atoms with Gasteiger partial charge in [-0.25, -0.2) is 0 Å². The fourth-order valence-electron chi connectivity index (χ4n) is 3.57. The molecule has 26 heavy (non-hydrogen) atoms. The number of hydrogen-bond donors (Lipinski definition) is 0. The van der Waals surface area contributed by atoms with Gasteiger partial charge in [-0.3, -0.25) is 4.98 Å². The lowest BCUT2D eigenvalue weighted by Gasteiger charge is -2.14. The van der Waals surface area contributed by atoms with Crippen molar-refractivity contribution in [3.63, 3.8) is 0 Å². The van der Waals surface area contributed by atoms with Gasteiger partial charge in [0.2, 0.25) is 0 Å². The third-order valence-electron chi connectivity index (χ3n) is 4.76. The molecule has 0 amide bonds. The summed E-state index contributed by atoms with van der Waals surface area (Å²) in [5, 5.41) is 0. The predicted octanol–water partition coefficient (Wildman–Crippen LogP) is 6.70. The Balaban J connectivity index is 1.79. The van der Waals surface area contributed by atoms with E-state index in [1.54, 1.807) is 0 Å². The highest BCUT2D eigenvalue weighted by atomic mass is 14.7. The Morgan fingerprint density at radius 3 is 1.73 bits per heavy atom. The van der Waals surface area contributed by atoms with Gasteiger partial charge in [0.05, 0.1) is 5.69 Å². The molecule has 1 heteroatoms. The van der Waals surface area contributed by atoms with E-state index in [4.69, 9.17) is 0 Å². The van der Waals surface area contributed by atoms with Crippen LogP contribution in [0.5, 0.6) is 0 Å². The summed E-state index contributed by atoms with van der Waals surface area (Å²) in [7, 11) is 0. The van der Waals surface area contributed by atoms with Crippen molar-refractivity contribution >= 4 is 0 Å². The maximum absolute atomic E-state index is 4.56. The zero-order valence-electron chi connectivity index (χ0n) is 15.1. The molecular formula is C25H21N. The van der Waals surface area contributed by atoms with Gasteiger partial charge < -0.3 is 0 Å². The molecule has 0 N–H and O–H groups in total. The third kappa shape index (κ3) is 3.16. The lowest BCUT2D eigenvalue weighted by Crippen LogP contribution is -1.92. The molecule has 1 aromatic heterocycles. The molecule has 0 fully saturated rings. The van der Waals surface area contributed by atoms with Gasteiger partial charge >= 0.3 is 0 Å². The Labute approximate surface area is 155 Å². The molecular weight excluding hydrogens is 314 g/mol. The van der Waals surface area contributed by atoms with E-state index in [9.17, 15) is 0 Å². The summed E-state index contributed by atoms with van der Waals surface area (Å²) in [5.41, 5.74) is 9.76. The number of hydrogen-bond acceptors (Lipinski definition) is 1. The second-order valence-corrected chi connectivity index (χ2v) is 6.65. The van der Waals surface area contributed by atoms with Crippen molar-refractivity contribution in [1.82, 2.24) is 4.98 Å². The Morgan fingerprint density at radius 1 is 0.538 bits per heavy atom. The van der Waals surface area contributed by atoms with E-state index in [0.29, 0.717) is 0 Å². The van der Waals surface area contributed by atoms with Crippen molar-refractivity contribution < 1.29 is 0 Å². The number of pyridine rings is 1. The minimum absolute atomic E-state index is 1.01. The number of aryl methyl sites for hydroxylation is 2. The molecule has 0 spiro atoms. The number of nitrogens with zero attached hydrogens (tertiary/aromatic N) is 1. The zero-order chi connectivity index (χ0) is 17.9. The molecule has 0 atom stereocenters. The predicted molar refractivity (Wildman–Crippen MR) is 110 cm³/mol.